The van der Waals surface area contributed by atoms with E-state index in [2.05, 4.69) is 13.0 Å². The molecule has 5 heteroatoms. The normalized spacial score (nSPS) is 17.2. The van der Waals surface area contributed by atoms with Crippen LogP contribution in [0.25, 0.3) is 0 Å². The molecular formula is C30H34N2O3. The van der Waals surface area contributed by atoms with Gasteiger partial charge in [0.15, 0.2) is 0 Å². The zero-order valence-electron chi connectivity index (χ0n) is 21.4. The Morgan fingerprint density at radius 3 is 2.17 bits per heavy atom. The standard InChI is InChI=1S/C30H34N2O3/c1-19(2)29(33)32(24-12-7-20(3)8-13-24)28-18-22(5)31(27-16-9-21(4)17-26(27)28)30(34)23-10-14-25(35-6)15-11-23/h7-17,19,22,28H,18H2,1-6H3/t22-,28-/m0/s1. The molecule has 182 valence electrons. The SMILES string of the molecule is COc1ccc(C(=O)N2c3ccc(C)cc3[C@@H](N(C(=O)C(C)C)c3ccc(C)cc3)C[C@@H]2C)cc1. The maximum Gasteiger partial charge on any atom is 0.258 e. The summed E-state index contributed by atoms with van der Waals surface area (Å²) in [6, 6.07) is 21.2. The van der Waals surface area contributed by atoms with Crippen LogP contribution >= 0.6 is 0 Å². The second kappa shape index (κ2) is 9.95. The Kier molecular flexibility index (Phi) is 6.97. The summed E-state index contributed by atoms with van der Waals surface area (Å²) in [7, 11) is 1.61. The van der Waals surface area contributed by atoms with E-state index in [1.165, 1.54) is 0 Å². The van der Waals surface area contributed by atoms with Gasteiger partial charge in [-0.05, 0) is 75.2 Å². The molecule has 0 unspecified atom stereocenters. The van der Waals surface area contributed by atoms with E-state index in [0.717, 1.165) is 28.1 Å². The van der Waals surface area contributed by atoms with Gasteiger partial charge in [-0.2, -0.15) is 0 Å². The second-order valence-electron chi connectivity index (χ2n) is 9.76. The smallest absolute Gasteiger partial charge is 0.258 e. The summed E-state index contributed by atoms with van der Waals surface area (Å²) in [5.74, 6) is 0.582. The van der Waals surface area contributed by atoms with Gasteiger partial charge in [0, 0.05) is 28.9 Å². The van der Waals surface area contributed by atoms with Crippen molar-refractivity contribution in [3.63, 3.8) is 0 Å². The second-order valence-corrected chi connectivity index (χ2v) is 9.76. The number of anilines is 2. The summed E-state index contributed by atoms with van der Waals surface area (Å²) < 4.78 is 5.25. The summed E-state index contributed by atoms with van der Waals surface area (Å²) in [6.07, 6.45) is 0.644. The Bertz CT molecular complexity index is 1220. The summed E-state index contributed by atoms with van der Waals surface area (Å²) in [5.41, 5.74) is 5.59. The van der Waals surface area contributed by atoms with E-state index in [1.54, 1.807) is 31.4 Å². The van der Waals surface area contributed by atoms with E-state index >= 15 is 0 Å². The van der Waals surface area contributed by atoms with Crippen LogP contribution in [0.15, 0.2) is 66.7 Å². The van der Waals surface area contributed by atoms with E-state index in [9.17, 15) is 9.59 Å². The van der Waals surface area contributed by atoms with Gasteiger partial charge in [0.05, 0.1) is 13.2 Å². The topological polar surface area (TPSA) is 49.9 Å². The minimum absolute atomic E-state index is 0.0548. The van der Waals surface area contributed by atoms with Gasteiger partial charge < -0.3 is 14.5 Å². The van der Waals surface area contributed by atoms with Crippen molar-refractivity contribution >= 4 is 23.2 Å². The highest BCUT2D eigenvalue weighted by Gasteiger charge is 2.39. The number of carbonyl (C=O) groups excluding carboxylic acids is 2. The number of ether oxygens (including phenoxy) is 1. The zero-order chi connectivity index (χ0) is 25.3. The molecule has 3 aromatic rings. The highest BCUT2D eigenvalue weighted by Crippen LogP contribution is 2.43. The van der Waals surface area contributed by atoms with Crippen molar-refractivity contribution in [1.82, 2.24) is 0 Å². The van der Waals surface area contributed by atoms with E-state index in [0.29, 0.717) is 17.7 Å². The van der Waals surface area contributed by atoms with E-state index in [4.69, 9.17) is 4.74 Å². The summed E-state index contributed by atoms with van der Waals surface area (Å²) in [5, 5.41) is 0. The van der Waals surface area contributed by atoms with Gasteiger partial charge in [0.2, 0.25) is 5.91 Å². The number of hydrogen-bond donors (Lipinski definition) is 0. The number of benzene rings is 3. The number of carbonyl (C=O) groups is 2. The van der Waals surface area contributed by atoms with Crippen LogP contribution in [0.4, 0.5) is 11.4 Å². The third-order valence-electron chi connectivity index (χ3n) is 6.72. The van der Waals surface area contributed by atoms with E-state index in [1.807, 2.05) is 73.9 Å². The van der Waals surface area contributed by atoms with Crippen LogP contribution in [0.5, 0.6) is 5.75 Å². The van der Waals surface area contributed by atoms with E-state index in [-0.39, 0.29) is 29.8 Å². The maximum absolute atomic E-state index is 13.7. The third kappa shape index (κ3) is 4.81. The number of nitrogens with zero attached hydrogens (tertiary/aromatic N) is 2. The number of amides is 2. The predicted octanol–water partition coefficient (Wildman–Crippen LogP) is 6.48. The molecule has 0 radical (unpaired) electrons. The lowest BCUT2D eigenvalue weighted by Crippen LogP contribution is -2.48. The fourth-order valence-corrected chi connectivity index (χ4v) is 4.82. The number of hydrogen-bond acceptors (Lipinski definition) is 3. The van der Waals surface area contributed by atoms with Gasteiger partial charge >= 0.3 is 0 Å². The molecule has 4 rings (SSSR count). The molecule has 0 saturated carbocycles. The van der Waals surface area contributed by atoms with Crippen LogP contribution in [0.3, 0.4) is 0 Å². The molecule has 1 heterocycles. The zero-order valence-corrected chi connectivity index (χ0v) is 21.4. The Balaban J connectivity index is 1.81. The fourth-order valence-electron chi connectivity index (χ4n) is 4.82. The fraction of sp³-hybridized carbons (Fsp3) is 0.333. The van der Waals surface area contributed by atoms with Crippen molar-refractivity contribution in [3.05, 3.63) is 89.0 Å². The van der Waals surface area contributed by atoms with Crippen molar-refractivity contribution in [2.24, 2.45) is 5.92 Å². The average molecular weight is 471 g/mol. The van der Waals surface area contributed by atoms with Crippen molar-refractivity contribution in [2.45, 2.75) is 53.1 Å². The predicted molar refractivity (Wildman–Crippen MR) is 141 cm³/mol. The Hall–Kier alpha value is -3.60. The molecular weight excluding hydrogens is 436 g/mol. The largest absolute Gasteiger partial charge is 0.497 e. The Labute approximate surface area is 208 Å². The summed E-state index contributed by atoms with van der Waals surface area (Å²) in [4.78, 5) is 31.1. The van der Waals surface area contributed by atoms with Gasteiger partial charge in [-0.15, -0.1) is 0 Å². The molecule has 0 fully saturated rings. The van der Waals surface area contributed by atoms with Crippen LogP contribution in [-0.4, -0.2) is 25.0 Å². The number of rotatable bonds is 5. The lowest BCUT2D eigenvalue weighted by atomic mass is 9.88. The molecule has 2 atom stereocenters. The number of methoxy groups -OCH3 is 1. The molecule has 5 nitrogen and oxygen atoms in total. The first-order valence-corrected chi connectivity index (χ1v) is 12.2. The van der Waals surface area contributed by atoms with Crippen LogP contribution in [0.2, 0.25) is 0 Å². The van der Waals surface area contributed by atoms with Crippen LogP contribution in [0, 0.1) is 19.8 Å². The highest BCUT2D eigenvalue weighted by molar-refractivity contribution is 6.07. The van der Waals surface area contributed by atoms with E-state index < -0.39 is 0 Å². The molecule has 35 heavy (non-hydrogen) atoms. The van der Waals surface area contributed by atoms with Gasteiger partial charge in [0.25, 0.3) is 5.91 Å². The van der Waals surface area contributed by atoms with Crippen molar-refractivity contribution in [1.29, 1.82) is 0 Å². The summed E-state index contributed by atoms with van der Waals surface area (Å²) in [6.45, 7) is 10.0. The molecule has 0 bridgehead atoms. The lowest BCUT2D eigenvalue weighted by molar-refractivity contribution is -0.122. The van der Waals surface area contributed by atoms with Crippen molar-refractivity contribution in [3.8, 4) is 5.75 Å². The first kappa shape index (κ1) is 24.5. The molecule has 1 aliphatic rings. The average Bonchev–Trinajstić information content (AvgIpc) is 2.85. The quantitative estimate of drug-likeness (QED) is 0.429. The van der Waals surface area contributed by atoms with Gasteiger partial charge in [-0.3, -0.25) is 9.59 Å². The molecule has 0 saturated heterocycles. The molecule has 0 aromatic heterocycles. The Morgan fingerprint density at radius 2 is 1.57 bits per heavy atom. The molecule has 0 aliphatic carbocycles. The minimum Gasteiger partial charge on any atom is -0.497 e. The highest BCUT2D eigenvalue weighted by atomic mass is 16.5. The minimum atomic E-state index is -0.169. The first-order chi connectivity index (χ1) is 16.7. The Morgan fingerprint density at radius 1 is 0.943 bits per heavy atom. The number of aryl methyl sites for hydroxylation is 2. The molecule has 2 amide bonds. The van der Waals surface area contributed by atoms with Crippen molar-refractivity contribution in [2.75, 3.05) is 16.9 Å². The van der Waals surface area contributed by atoms with Crippen LogP contribution in [0.1, 0.15) is 60.3 Å². The van der Waals surface area contributed by atoms with Crippen LogP contribution < -0.4 is 14.5 Å². The lowest BCUT2D eigenvalue weighted by Gasteiger charge is -2.44. The number of fused-ring (bicyclic) bond motifs is 1. The monoisotopic (exact) mass is 470 g/mol. The molecule has 3 aromatic carbocycles. The van der Waals surface area contributed by atoms with Crippen molar-refractivity contribution < 1.29 is 14.3 Å². The van der Waals surface area contributed by atoms with Gasteiger partial charge in [-0.25, -0.2) is 0 Å². The molecule has 0 N–H and O–H groups in total. The first-order valence-electron chi connectivity index (χ1n) is 12.2. The summed E-state index contributed by atoms with van der Waals surface area (Å²) >= 11 is 0. The van der Waals surface area contributed by atoms with Crippen LogP contribution in [-0.2, 0) is 4.79 Å². The third-order valence-corrected chi connectivity index (χ3v) is 6.72. The van der Waals surface area contributed by atoms with Gasteiger partial charge in [-0.1, -0.05) is 49.2 Å². The molecule has 0 spiro atoms. The van der Waals surface area contributed by atoms with Gasteiger partial charge in [0.1, 0.15) is 5.75 Å². The maximum atomic E-state index is 13.7. The molecule has 1 aliphatic heterocycles.